The molecule has 0 aliphatic carbocycles. The summed E-state index contributed by atoms with van der Waals surface area (Å²) in [5.74, 6) is 1.05. The molecular weight excluding hydrogens is 358 g/mol. The molecule has 0 N–H and O–H groups in total. The standard InChI is InChI=1S/C21H21N3O2S/c1-15-23-20-14-22-19-13-17(16-7-4-3-5-8-16)9-10-18(19)21(20)24(15)11-6-12-27(2,25)26/h3-5,7-10,13-14H,6,11-12H2,1-2H3. The molecule has 0 unspecified atom stereocenters. The molecule has 0 fully saturated rings. The van der Waals surface area contributed by atoms with Gasteiger partial charge in [0.15, 0.2) is 0 Å². The van der Waals surface area contributed by atoms with Crippen LogP contribution < -0.4 is 0 Å². The van der Waals surface area contributed by atoms with Gasteiger partial charge in [-0.15, -0.1) is 0 Å². The number of aromatic nitrogens is 3. The molecule has 0 spiro atoms. The summed E-state index contributed by atoms with van der Waals surface area (Å²) in [5.41, 5.74) is 5.04. The van der Waals surface area contributed by atoms with E-state index in [4.69, 9.17) is 0 Å². The molecule has 2 aromatic carbocycles. The highest BCUT2D eigenvalue weighted by atomic mass is 32.2. The second-order valence-electron chi connectivity index (χ2n) is 6.88. The molecule has 5 nitrogen and oxygen atoms in total. The fourth-order valence-electron chi connectivity index (χ4n) is 3.50. The van der Waals surface area contributed by atoms with Gasteiger partial charge < -0.3 is 4.57 Å². The lowest BCUT2D eigenvalue weighted by atomic mass is 10.0. The average Bonchev–Trinajstić information content (AvgIpc) is 2.97. The summed E-state index contributed by atoms with van der Waals surface area (Å²) >= 11 is 0. The summed E-state index contributed by atoms with van der Waals surface area (Å²) in [4.78, 5) is 9.21. The van der Waals surface area contributed by atoms with Crippen LogP contribution in [0.2, 0.25) is 0 Å². The highest BCUT2D eigenvalue weighted by Crippen LogP contribution is 2.29. The summed E-state index contributed by atoms with van der Waals surface area (Å²) in [6.07, 6.45) is 3.64. The number of hydrogen-bond donors (Lipinski definition) is 0. The Bertz CT molecular complexity index is 1230. The number of benzene rings is 2. The average molecular weight is 379 g/mol. The van der Waals surface area contributed by atoms with Crippen LogP contribution in [0.1, 0.15) is 12.2 Å². The van der Waals surface area contributed by atoms with E-state index in [2.05, 4.69) is 44.9 Å². The summed E-state index contributed by atoms with van der Waals surface area (Å²) in [7, 11) is -2.97. The SMILES string of the molecule is Cc1nc2cnc3cc(-c4ccccc4)ccc3c2n1CCCS(C)(=O)=O. The highest BCUT2D eigenvalue weighted by Gasteiger charge is 2.13. The maximum Gasteiger partial charge on any atom is 0.147 e. The van der Waals surface area contributed by atoms with Crippen LogP contribution in [0.15, 0.2) is 54.7 Å². The predicted molar refractivity (Wildman–Crippen MR) is 110 cm³/mol. The molecule has 4 aromatic rings. The van der Waals surface area contributed by atoms with Crippen LogP contribution >= 0.6 is 0 Å². The van der Waals surface area contributed by atoms with E-state index < -0.39 is 9.84 Å². The number of rotatable bonds is 5. The minimum absolute atomic E-state index is 0.174. The lowest BCUT2D eigenvalue weighted by molar-refractivity contribution is 0.592. The Kier molecular flexibility index (Phi) is 4.44. The van der Waals surface area contributed by atoms with Gasteiger partial charge in [-0.1, -0.05) is 42.5 Å². The molecule has 2 heterocycles. The Morgan fingerprint density at radius 3 is 2.52 bits per heavy atom. The summed E-state index contributed by atoms with van der Waals surface area (Å²) in [5, 5.41) is 1.03. The van der Waals surface area contributed by atoms with Crippen LogP contribution in [-0.4, -0.2) is 35.0 Å². The summed E-state index contributed by atoms with van der Waals surface area (Å²) < 4.78 is 25.0. The third kappa shape index (κ3) is 3.57. The molecule has 0 saturated heterocycles. The monoisotopic (exact) mass is 379 g/mol. The van der Waals surface area contributed by atoms with Gasteiger partial charge in [0, 0.05) is 18.2 Å². The largest absolute Gasteiger partial charge is 0.328 e. The number of hydrogen-bond acceptors (Lipinski definition) is 4. The lowest BCUT2D eigenvalue weighted by Crippen LogP contribution is -2.08. The van der Waals surface area contributed by atoms with Gasteiger partial charge in [0.25, 0.3) is 0 Å². The smallest absolute Gasteiger partial charge is 0.147 e. The Morgan fingerprint density at radius 1 is 1.00 bits per heavy atom. The van der Waals surface area contributed by atoms with Crippen molar-refractivity contribution < 1.29 is 8.42 Å². The zero-order valence-corrected chi connectivity index (χ0v) is 16.2. The molecule has 27 heavy (non-hydrogen) atoms. The first-order chi connectivity index (χ1) is 12.9. The summed E-state index contributed by atoms with van der Waals surface area (Å²) in [6, 6.07) is 16.5. The molecule has 0 amide bonds. The maximum absolute atomic E-state index is 11.5. The molecule has 6 heteroatoms. The topological polar surface area (TPSA) is 64.8 Å². The predicted octanol–water partition coefficient (Wildman–Crippen LogP) is 3.99. The zero-order valence-electron chi connectivity index (χ0n) is 15.4. The van der Waals surface area contributed by atoms with Gasteiger partial charge in [0.05, 0.1) is 23.0 Å². The van der Waals surface area contributed by atoms with Gasteiger partial charge in [-0.25, -0.2) is 13.4 Å². The minimum Gasteiger partial charge on any atom is -0.328 e. The Morgan fingerprint density at radius 2 is 1.78 bits per heavy atom. The van der Waals surface area contributed by atoms with E-state index in [-0.39, 0.29) is 5.75 Å². The van der Waals surface area contributed by atoms with Gasteiger partial charge in [-0.2, -0.15) is 0 Å². The van der Waals surface area contributed by atoms with E-state index in [0.717, 1.165) is 38.9 Å². The van der Waals surface area contributed by atoms with Crippen molar-refractivity contribution in [2.45, 2.75) is 19.9 Å². The van der Waals surface area contributed by atoms with E-state index in [1.807, 2.05) is 25.1 Å². The molecule has 0 saturated carbocycles. The fourth-order valence-corrected chi connectivity index (χ4v) is 4.15. The normalized spacial score (nSPS) is 12.1. The van der Waals surface area contributed by atoms with E-state index >= 15 is 0 Å². The van der Waals surface area contributed by atoms with Crippen molar-refractivity contribution in [3.05, 3.63) is 60.6 Å². The lowest BCUT2D eigenvalue weighted by Gasteiger charge is -2.09. The second kappa shape index (κ2) is 6.78. The first kappa shape index (κ1) is 17.7. The Hall–Kier alpha value is -2.73. The van der Waals surface area contributed by atoms with Crippen LogP contribution in [0.4, 0.5) is 0 Å². The number of sulfone groups is 1. The summed E-state index contributed by atoms with van der Waals surface area (Å²) in [6.45, 7) is 2.57. The third-order valence-corrected chi connectivity index (χ3v) is 5.80. The van der Waals surface area contributed by atoms with Crippen molar-refractivity contribution in [1.29, 1.82) is 0 Å². The molecule has 0 radical (unpaired) electrons. The molecule has 4 rings (SSSR count). The molecule has 0 atom stereocenters. The number of fused-ring (bicyclic) bond motifs is 3. The first-order valence-electron chi connectivity index (χ1n) is 8.91. The fraction of sp³-hybridized carbons (Fsp3) is 0.238. The van der Waals surface area contributed by atoms with Crippen molar-refractivity contribution in [3.63, 3.8) is 0 Å². The molecule has 0 aliphatic heterocycles. The maximum atomic E-state index is 11.5. The minimum atomic E-state index is -2.97. The Labute approximate surface area is 158 Å². The third-order valence-electron chi connectivity index (χ3n) is 4.77. The number of nitrogens with zero attached hydrogens (tertiary/aromatic N) is 3. The second-order valence-corrected chi connectivity index (χ2v) is 9.14. The van der Waals surface area contributed by atoms with Crippen molar-refractivity contribution in [3.8, 4) is 11.1 Å². The van der Waals surface area contributed by atoms with Crippen molar-refractivity contribution >= 4 is 31.8 Å². The highest BCUT2D eigenvalue weighted by molar-refractivity contribution is 7.90. The van der Waals surface area contributed by atoms with Crippen LogP contribution in [0.25, 0.3) is 33.1 Å². The van der Waals surface area contributed by atoms with E-state index in [0.29, 0.717) is 13.0 Å². The van der Waals surface area contributed by atoms with E-state index in [9.17, 15) is 8.42 Å². The Balaban J connectivity index is 1.80. The number of aryl methyl sites for hydroxylation is 2. The van der Waals surface area contributed by atoms with Gasteiger partial charge in [-0.05, 0) is 30.5 Å². The van der Waals surface area contributed by atoms with E-state index in [1.54, 1.807) is 6.20 Å². The van der Waals surface area contributed by atoms with Crippen LogP contribution in [-0.2, 0) is 16.4 Å². The van der Waals surface area contributed by atoms with Gasteiger partial charge in [0.2, 0.25) is 0 Å². The van der Waals surface area contributed by atoms with Gasteiger partial charge in [0.1, 0.15) is 21.2 Å². The van der Waals surface area contributed by atoms with Crippen LogP contribution in [0, 0.1) is 6.92 Å². The number of imidazole rings is 1. The van der Waals surface area contributed by atoms with Crippen molar-refractivity contribution in [1.82, 2.24) is 14.5 Å². The molecule has 138 valence electrons. The van der Waals surface area contributed by atoms with Gasteiger partial charge >= 0.3 is 0 Å². The first-order valence-corrected chi connectivity index (χ1v) is 11.0. The quantitative estimate of drug-likeness (QED) is 0.526. The van der Waals surface area contributed by atoms with Gasteiger partial charge in [-0.3, -0.25) is 4.98 Å². The molecular formula is C21H21N3O2S. The number of pyridine rings is 1. The molecule has 0 bridgehead atoms. The molecule has 0 aliphatic rings. The van der Waals surface area contributed by atoms with Crippen molar-refractivity contribution in [2.75, 3.05) is 12.0 Å². The zero-order chi connectivity index (χ0) is 19.0. The van der Waals surface area contributed by atoms with Crippen LogP contribution in [0.3, 0.4) is 0 Å². The van der Waals surface area contributed by atoms with Crippen molar-refractivity contribution in [2.24, 2.45) is 0 Å². The van der Waals surface area contributed by atoms with E-state index in [1.165, 1.54) is 6.26 Å². The molecule has 2 aromatic heterocycles. The van der Waals surface area contributed by atoms with Crippen LogP contribution in [0.5, 0.6) is 0 Å².